The molecular weight excluding hydrogens is 380 g/mol. The molecule has 4 heterocycles. The van der Waals surface area contributed by atoms with E-state index in [4.69, 9.17) is 4.98 Å². The number of benzene rings is 1. The van der Waals surface area contributed by atoms with Gasteiger partial charge in [0, 0.05) is 25.6 Å². The first kappa shape index (κ1) is 18.0. The molecule has 4 aromatic heterocycles. The van der Waals surface area contributed by atoms with E-state index in [0.29, 0.717) is 40.5 Å². The predicted molar refractivity (Wildman–Crippen MR) is 115 cm³/mol. The van der Waals surface area contributed by atoms with Crippen LogP contribution in [-0.2, 0) is 13.6 Å². The molecule has 0 spiro atoms. The van der Waals surface area contributed by atoms with Crippen LogP contribution in [0.5, 0.6) is 0 Å². The Balaban J connectivity index is 1.70. The number of H-pyrrole nitrogens is 2. The van der Waals surface area contributed by atoms with E-state index in [2.05, 4.69) is 37.3 Å². The summed E-state index contributed by atoms with van der Waals surface area (Å²) >= 11 is 0. The van der Waals surface area contributed by atoms with Gasteiger partial charge in [-0.2, -0.15) is 5.10 Å². The van der Waals surface area contributed by atoms with Crippen molar-refractivity contribution in [1.29, 1.82) is 0 Å². The Morgan fingerprint density at radius 1 is 1.07 bits per heavy atom. The highest BCUT2D eigenvalue weighted by Crippen LogP contribution is 2.30. The maximum absolute atomic E-state index is 13.1. The van der Waals surface area contributed by atoms with E-state index >= 15 is 0 Å². The minimum atomic E-state index is -0.250. The van der Waals surface area contributed by atoms with E-state index in [-0.39, 0.29) is 5.56 Å². The van der Waals surface area contributed by atoms with Gasteiger partial charge in [0.15, 0.2) is 0 Å². The second kappa shape index (κ2) is 6.80. The summed E-state index contributed by atoms with van der Waals surface area (Å²) in [7, 11) is 1.81. The molecule has 5 rings (SSSR count). The van der Waals surface area contributed by atoms with Crippen molar-refractivity contribution in [3.8, 4) is 11.4 Å². The third kappa shape index (κ3) is 3.00. The van der Waals surface area contributed by atoms with Crippen molar-refractivity contribution in [3.63, 3.8) is 0 Å². The summed E-state index contributed by atoms with van der Waals surface area (Å²) in [5.41, 5.74) is 6.04. The fourth-order valence-corrected chi connectivity index (χ4v) is 3.56. The Morgan fingerprint density at radius 3 is 2.63 bits per heavy atom. The summed E-state index contributed by atoms with van der Waals surface area (Å²) < 4.78 is 1.67. The Labute approximate surface area is 171 Å². The summed E-state index contributed by atoms with van der Waals surface area (Å²) in [6.45, 7) is 4.44. The Bertz CT molecular complexity index is 1410. The lowest BCUT2D eigenvalue weighted by Gasteiger charge is -2.10. The zero-order chi connectivity index (χ0) is 20.8. The molecular formula is C21H20N8O. The molecule has 3 N–H and O–H groups in total. The summed E-state index contributed by atoms with van der Waals surface area (Å²) in [5, 5.41) is 7.85. The number of hydrogen-bond donors (Lipinski definition) is 3. The maximum Gasteiger partial charge on any atom is 0.261 e. The average molecular weight is 400 g/mol. The van der Waals surface area contributed by atoms with Crippen LogP contribution in [0.1, 0.15) is 17.0 Å². The van der Waals surface area contributed by atoms with Crippen LogP contribution in [0, 0.1) is 13.8 Å². The SMILES string of the molecule is Cc1cc2nc(-c3c(NCc4ncccn4)c4nn(C)cc4[nH]c3=O)[nH]c2cc1C. The third-order valence-electron chi connectivity index (χ3n) is 5.17. The molecule has 9 nitrogen and oxygen atoms in total. The normalized spacial score (nSPS) is 11.4. The minimum Gasteiger partial charge on any atom is -0.375 e. The van der Waals surface area contributed by atoms with Crippen LogP contribution in [0.3, 0.4) is 0 Å². The molecule has 0 unspecified atom stereocenters. The third-order valence-corrected chi connectivity index (χ3v) is 5.17. The van der Waals surface area contributed by atoms with Crippen molar-refractivity contribution in [2.75, 3.05) is 5.32 Å². The smallest absolute Gasteiger partial charge is 0.261 e. The molecule has 0 saturated carbocycles. The van der Waals surface area contributed by atoms with Crippen LogP contribution in [0.2, 0.25) is 0 Å². The lowest BCUT2D eigenvalue weighted by molar-refractivity contribution is 0.779. The first-order chi connectivity index (χ1) is 14.5. The van der Waals surface area contributed by atoms with Crippen LogP contribution in [0.4, 0.5) is 5.69 Å². The molecule has 0 radical (unpaired) electrons. The zero-order valence-electron chi connectivity index (χ0n) is 16.8. The molecule has 0 aliphatic carbocycles. The van der Waals surface area contributed by atoms with E-state index in [1.807, 2.05) is 26.1 Å². The lowest BCUT2D eigenvalue weighted by atomic mass is 10.1. The molecule has 9 heteroatoms. The zero-order valence-corrected chi connectivity index (χ0v) is 16.8. The fourth-order valence-electron chi connectivity index (χ4n) is 3.56. The quantitative estimate of drug-likeness (QED) is 0.427. The second-order valence-corrected chi connectivity index (χ2v) is 7.33. The molecule has 0 aliphatic heterocycles. The van der Waals surface area contributed by atoms with Gasteiger partial charge in [0.2, 0.25) is 0 Å². The van der Waals surface area contributed by atoms with Crippen LogP contribution in [-0.4, -0.2) is 34.7 Å². The van der Waals surface area contributed by atoms with Gasteiger partial charge in [0.1, 0.15) is 22.7 Å². The molecule has 0 atom stereocenters. The van der Waals surface area contributed by atoms with Gasteiger partial charge in [0.25, 0.3) is 5.56 Å². The maximum atomic E-state index is 13.1. The van der Waals surface area contributed by atoms with Crippen LogP contribution < -0.4 is 10.9 Å². The van der Waals surface area contributed by atoms with E-state index in [9.17, 15) is 4.79 Å². The number of nitrogens with one attached hydrogen (secondary N) is 3. The van der Waals surface area contributed by atoms with E-state index in [1.54, 1.807) is 29.3 Å². The minimum absolute atomic E-state index is 0.250. The first-order valence-electron chi connectivity index (χ1n) is 9.56. The topological polar surface area (TPSA) is 117 Å². The standard InChI is InChI=1S/C21H20N8O/c1-11-7-13-14(8-12(11)2)26-20(25-13)17-19(24-9-16-22-5-4-6-23-16)18-15(27-21(17)30)10-29(3)28-18/h4-8,10,24H,9H2,1-3H3,(H,25,26)(H,27,30). The van der Waals surface area contributed by atoms with E-state index in [0.717, 1.165) is 22.2 Å². The fraction of sp³-hybridized carbons (Fsp3) is 0.190. The number of rotatable bonds is 4. The van der Waals surface area contributed by atoms with Crippen LogP contribution in [0.15, 0.2) is 41.6 Å². The highest BCUT2D eigenvalue weighted by atomic mass is 16.1. The van der Waals surface area contributed by atoms with Gasteiger partial charge in [0.05, 0.1) is 28.8 Å². The second-order valence-electron chi connectivity index (χ2n) is 7.33. The van der Waals surface area contributed by atoms with E-state index < -0.39 is 0 Å². The van der Waals surface area contributed by atoms with Crippen molar-refractivity contribution >= 4 is 27.8 Å². The molecule has 0 saturated heterocycles. The summed E-state index contributed by atoms with van der Waals surface area (Å²) in [4.78, 5) is 32.5. The van der Waals surface area contributed by atoms with Gasteiger partial charge >= 0.3 is 0 Å². The molecule has 1 aromatic carbocycles. The van der Waals surface area contributed by atoms with Crippen LogP contribution in [0.25, 0.3) is 33.5 Å². The number of fused-ring (bicyclic) bond motifs is 2. The van der Waals surface area contributed by atoms with Crippen molar-refractivity contribution in [2.45, 2.75) is 20.4 Å². The van der Waals surface area contributed by atoms with Gasteiger partial charge in [-0.15, -0.1) is 0 Å². The highest BCUT2D eigenvalue weighted by Gasteiger charge is 2.20. The number of aromatic amines is 2. The number of anilines is 1. The molecule has 0 aliphatic rings. The molecule has 5 aromatic rings. The largest absolute Gasteiger partial charge is 0.375 e. The molecule has 0 amide bonds. The number of nitrogens with zero attached hydrogens (tertiary/aromatic N) is 5. The van der Waals surface area contributed by atoms with Crippen molar-refractivity contribution in [2.24, 2.45) is 7.05 Å². The number of imidazole rings is 1. The van der Waals surface area contributed by atoms with Crippen molar-refractivity contribution in [1.82, 2.24) is 34.7 Å². The summed E-state index contributed by atoms with van der Waals surface area (Å²) in [6, 6.07) is 5.82. The van der Waals surface area contributed by atoms with Gasteiger partial charge in [-0.3, -0.25) is 9.48 Å². The van der Waals surface area contributed by atoms with E-state index in [1.165, 1.54) is 0 Å². The monoisotopic (exact) mass is 400 g/mol. The van der Waals surface area contributed by atoms with Gasteiger partial charge in [-0.1, -0.05) is 0 Å². The molecule has 150 valence electrons. The summed E-state index contributed by atoms with van der Waals surface area (Å²) in [5.74, 6) is 1.10. The Kier molecular flexibility index (Phi) is 4.09. The van der Waals surface area contributed by atoms with Gasteiger partial charge < -0.3 is 15.3 Å². The van der Waals surface area contributed by atoms with Crippen molar-refractivity contribution < 1.29 is 0 Å². The number of hydrogen-bond acceptors (Lipinski definition) is 6. The highest BCUT2D eigenvalue weighted by molar-refractivity contribution is 5.96. The van der Waals surface area contributed by atoms with Gasteiger partial charge in [-0.25, -0.2) is 15.0 Å². The number of aromatic nitrogens is 7. The number of aryl methyl sites for hydroxylation is 3. The predicted octanol–water partition coefficient (Wildman–Crippen LogP) is 2.82. The number of pyridine rings is 1. The first-order valence-corrected chi connectivity index (χ1v) is 9.56. The summed E-state index contributed by atoms with van der Waals surface area (Å²) in [6.07, 6.45) is 5.14. The molecule has 30 heavy (non-hydrogen) atoms. The lowest BCUT2D eigenvalue weighted by Crippen LogP contribution is -2.15. The van der Waals surface area contributed by atoms with Gasteiger partial charge in [-0.05, 0) is 43.2 Å². The Morgan fingerprint density at radius 2 is 1.83 bits per heavy atom. The van der Waals surface area contributed by atoms with Crippen LogP contribution >= 0.6 is 0 Å². The molecule has 0 bridgehead atoms. The average Bonchev–Trinajstić information content (AvgIpc) is 3.29. The molecule has 0 fully saturated rings. The van der Waals surface area contributed by atoms with Crippen molar-refractivity contribution in [3.05, 3.63) is 64.1 Å². The Hall–Kier alpha value is -4.01.